The number of rotatable bonds is 6. The zero-order chi connectivity index (χ0) is 15.2. The van der Waals surface area contributed by atoms with E-state index >= 15 is 0 Å². The van der Waals surface area contributed by atoms with Gasteiger partial charge in [0, 0.05) is 5.75 Å². The van der Waals surface area contributed by atoms with E-state index in [1.165, 1.54) is 11.8 Å². The lowest BCUT2D eigenvalue weighted by Gasteiger charge is -2.22. The normalized spacial score (nSPS) is 24.5. The molecule has 0 aliphatic carbocycles. The molecule has 1 heterocycles. The van der Waals surface area contributed by atoms with Gasteiger partial charge in [0.05, 0.1) is 19.3 Å². The molecule has 0 aromatic heterocycles. The van der Waals surface area contributed by atoms with E-state index in [0.29, 0.717) is 13.2 Å². The second-order valence-electron chi connectivity index (χ2n) is 5.32. The second kappa shape index (κ2) is 7.79. The molecule has 3 nitrogen and oxygen atoms in total. The Morgan fingerprint density at radius 3 is 2.00 bits per heavy atom. The van der Waals surface area contributed by atoms with Gasteiger partial charge in [0.2, 0.25) is 0 Å². The van der Waals surface area contributed by atoms with Crippen LogP contribution in [0.1, 0.15) is 11.1 Å². The van der Waals surface area contributed by atoms with Gasteiger partial charge in [0.25, 0.3) is 0 Å². The molecule has 0 amide bonds. The summed E-state index contributed by atoms with van der Waals surface area (Å²) in [7, 11) is 0. The van der Waals surface area contributed by atoms with Crippen LogP contribution < -0.4 is 0 Å². The van der Waals surface area contributed by atoms with Crippen LogP contribution in [0.2, 0.25) is 0 Å². The van der Waals surface area contributed by atoms with Crippen molar-refractivity contribution in [2.24, 2.45) is 0 Å². The van der Waals surface area contributed by atoms with Crippen LogP contribution in [0.5, 0.6) is 0 Å². The Kier molecular flexibility index (Phi) is 5.51. The first-order chi connectivity index (χ1) is 10.8. The van der Waals surface area contributed by atoms with Crippen molar-refractivity contribution in [3.63, 3.8) is 0 Å². The average molecular weight is 316 g/mol. The molecule has 4 heteroatoms. The number of hydrogen-bond acceptors (Lipinski definition) is 4. The summed E-state index contributed by atoms with van der Waals surface area (Å²) in [6.45, 7) is 1.04. The highest BCUT2D eigenvalue weighted by molar-refractivity contribution is 8.00. The molecule has 0 radical (unpaired) electrons. The Morgan fingerprint density at radius 1 is 0.864 bits per heavy atom. The number of aliphatic hydroxyl groups excluding tert-OH is 1. The second-order valence-corrected chi connectivity index (χ2v) is 6.47. The van der Waals surface area contributed by atoms with Crippen LogP contribution in [0, 0.1) is 0 Å². The first-order valence-corrected chi connectivity index (χ1v) is 8.48. The fourth-order valence-electron chi connectivity index (χ4n) is 2.44. The van der Waals surface area contributed by atoms with E-state index in [0.717, 1.165) is 16.9 Å². The molecule has 1 unspecified atom stereocenters. The lowest BCUT2D eigenvalue weighted by molar-refractivity contribution is -0.0946. The Morgan fingerprint density at radius 2 is 1.41 bits per heavy atom. The molecule has 1 N–H and O–H groups in total. The van der Waals surface area contributed by atoms with Crippen LogP contribution in [-0.2, 0) is 22.7 Å². The SMILES string of the molecule is OC1SC[C@@H](OCc2ccccc2)[C@@H]1OCc1ccccc1. The molecule has 0 spiro atoms. The van der Waals surface area contributed by atoms with Gasteiger partial charge in [-0.05, 0) is 11.1 Å². The average Bonchev–Trinajstić information content (AvgIpc) is 2.93. The van der Waals surface area contributed by atoms with Crippen LogP contribution in [-0.4, -0.2) is 28.5 Å². The Bertz CT molecular complexity index is 561. The van der Waals surface area contributed by atoms with Crippen LogP contribution in [0.15, 0.2) is 60.7 Å². The molecule has 116 valence electrons. The van der Waals surface area contributed by atoms with Crippen molar-refractivity contribution < 1.29 is 14.6 Å². The number of hydrogen-bond donors (Lipinski definition) is 1. The zero-order valence-corrected chi connectivity index (χ0v) is 13.1. The van der Waals surface area contributed by atoms with Crippen LogP contribution in [0.25, 0.3) is 0 Å². The molecule has 22 heavy (non-hydrogen) atoms. The number of benzene rings is 2. The molecule has 1 fully saturated rings. The molecule has 3 atom stereocenters. The summed E-state index contributed by atoms with van der Waals surface area (Å²) >= 11 is 1.49. The minimum Gasteiger partial charge on any atom is -0.380 e. The molecule has 2 aromatic rings. The number of aliphatic hydroxyl groups is 1. The maximum Gasteiger partial charge on any atom is 0.128 e. The van der Waals surface area contributed by atoms with E-state index in [1.54, 1.807) is 0 Å². The zero-order valence-electron chi connectivity index (χ0n) is 12.3. The summed E-state index contributed by atoms with van der Waals surface area (Å²) in [6.07, 6.45) is -0.363. The molecule has 2 aromatic carbocycles. The minimum atomic E-state index is -0.524. The fraction of sp³-hybridized carbons (Fsp3) is 0.333. The van der Waals surface area contributed by atoms with Gasteiger partial charge in [0.1, 0.15) is 11.5 Å². The monoisotopic (exact) mass is 316 g/mol. The van der Waals surface area contributed by atoms with Gasteiger partial charge in [-0.15, -0.1) is 11.8 Å². The van der Waals surface area contributed by atoms with Crippen LogP contribution >= 0.6 is 11.8 Å². The van der Waals surface area contributed by atoms with Crippen molar-refractivity contribution in [1.82, 2.24) is 0 Å². The van der Waals surface area contributed by atoms with Gasteiger partial charge in [-0.1, -0.05) is 60.7 Å². The Labute approximate surface area is 135 Å². The van der Waals surface area contributed by atoms with Crippen LogP contribution in [0.4, 0.5) is 0 Å². The van der Waals surface area contributed by atoms with E-state index in [4.69, 9.17) is 9.47 Å². The molecule has 1 aliphatic heterocycles. The first kappa shape index (κ1) is 15.6. The molecule has 0 saturated carbocycles. The lowest BCUT2D eigenvalue weighted by Crippen LogP contribution is -2.34. The maximum atomic E-state index is 10.1. The topological polar surface area (TPSA) is 38.7 Å². The molecule has 1 saturated heterocycles. The van der Waals surface area contributed by atoms with Crippen molar-refractivity contribution in [3.8, 4) is 0 Å². The molecule has 0 bridgehead atoms. The first-order valence-electron chi connectivity index (χ1n) is 7.43. The molecular formula is C18H20O3S. The lowest BCUT2D eigenvalue weighted by atomic mass is 10.2. The summed E-state index contributed by atoms with van der Waals surface area (Å²) in [4.78, 5) is 0. The van der Waals surface area contributed by atoms with Gasteiger partial charge in [-0.2, -0.15) is 0 Å². The summed E-state index contributed by atoms with van der Waals surface area (Å²) in [6, 6.07) is 20.1. The third-order valence-electron chi connectivity index (χ3n) is 3.67. The maximum absolute atomic E-state index is 10.1. The van der Waals surface area contributed by atoms with Crippen molar-refractivity contribution in [1.29, 1.82) is 0 Å². The number of ether oxygens (including phenoxy) is 2. The highest BCUT2D eigenvalue weighted by Gasteiger charge is 2.37. The quantitative estimate of drug-likeness (QED) is 0.888. The fourth-order valence-corrected chi connectivity index (χ4v) is 3.56. The standard InChI is InChI=1S/C18H20O3S/c19-18-17(21-12-15-9-5-2-6-10-15)16(13-22-18)20-11-14-7-3-1-4-8-14/h1-10,16-19H,11-13H2/t16-,17+,18?/m1/s1. The van der Waals surface area contributed by atoms with Gasteiger partial charge in [0.15, 0.2) is 0 Å². The summed E-state index contributed by atoms with van der Waals surface area (Å²) in [5, 5.41) is 10.1. The largest absolute Gasteiger partial charge is 0.380 e. The number of thioether (sulfide) groups is 1. The highest BCUT2D eigenvalue weighted by atomic mass is 32.2. The van der Waals surface area contributed by atoms with Gasteiger partial charge < -0.3 is 14.6 Å². The summed E-state index contributed by atoms with van der Waals surface area (Å²) in [5.74, 6) is 0.757. The predicted molar refractivity (Wildman–Crippen MR) is 88.5 cm³/mol. The van der Waals surface area contributed by atoms with Crippen molar-refractivity contribution >= 4 is 11.8 Å². The van der Waals surface area contributed by atoms with Crippen molar-refractivity contribution in [2.45, 2.75) is 30.9 Å². The van der Waals surface area contributed by atoms with Gasteiger partial charge in [-0.25, -0.2) is 0 Å². The molecule has 1 aliphatic rings. The van der Waals surface area contributed by atoms with Crippen molar-refractivity contribution in [3.05, 3.63) is 71.8 Å². The smallest absolute Gasteiger partial charge is 0.128 e. The molecule has 3 rings (SSSR count). The third-order valence-corrected chi connectivity index (χ3v) is 4.80. The Balaban J connectivity index is 1.54. The van der Waals surface area contributed by atoms with Gasteiger partial charge in [-0.3, -0.25) is 0 Å². The van der Waals surface area contributed by atoms with E-state index in [9.17, 15) is 5.11 Å². The Hall–Kier alpha value is -1.33. The van der Waals surface area contributed by atoms with E-state index in [1.807, 2.05) is 60.7 Å². The van der Waals surface area contributed by atoms with Crippen molar-refractivity contribution in [2.75, 3.05) is 5.75 Å². The predicted octanol–water partition coefficient (Wildman–Crippen LogP) is 3.22. The van der Waals surface area contributed by atoms with E-state index in [-0.39, 0.29) is 12.2 Å². The minimum absolute atomic E-state index is 0.0797. The van der Waals surface area contributed by atoms with E-state index in [2.05, 4.69) is 0 Å². The summed E-state index contributed by atoms with van der Waals surface area (Å²) in [5.41, 5.74) is 1.72. The van der Waals surface area contributed by atoms with Gasteiger partial charge >= 0.3 is 0 Å². The summed E-state index contributed by atoms with van der Waals surface area (Å²) < 4.78 is 11.9. The third kappa shape index (κ3) is 4.11. The van der Waals surface area contributed by atoms with Crippen LogP contribution in [0.3, 0.4) is 0 Å². The van der Waals surface area contributed by atoms with E-state index < -0.39 is 5.44 Å². The molecular weight excluding hydrogens is 296 g/mol. The highest BCUT2D eigenvalue weighted by Crippen LogP contribution is 2.31.